The lowest BCUT2D eigenvalue weighted by Gasteiger charge is -2.37. The predicted octanol–water partition coefficient (Wildman–Crippen LogP) is 0.639. The van der Waals surface area contributed by atoms with Crippen molar-refractivity contribution in [2.24, 2.45) is 0 Å². The summed E-state index contributed by atoms with van der Waals surface area (Å²) in [6.45, 7) is 6.37. The molecule has 0 aromatic heterocycles. The van der Waals surface area contributed by atoms with E-state index >= 15 is 0 Å². The van der Waals surface area contributed by atoms with Crippen molar-refractivity contribution in [3.63, 3.8) is 0 Å². The molecular weight excluding hydrogens is 248 g/mol. The van der Waals surface area contributed by atoms with Gasteiger partial charge in [-0.15, -0.1) is 0 Å². The molecule has 1 amide bonds. The molecule has 6 heteroatoms. The summed E-state index contributed by atoms with van der Waals surface area (Å²) >= 11 is 0. The topological polar surface area (TPSA) is 79.8 Å². The molecule has 0 aromatic carbocycles. The second kappa shape index (κ2) is 7.07. The number of hydrogen-bond donors (Lipinski definition) is 3. The van der Waals surface area contributed by atoms with Gasteiger partial charge in [-0.2, -0.15) is 0 Å². The van der Waals surface area contributed by atoms with Crippen molar-refractivity contribution >= 4 is 6.09 Å². The van der Waals surface area contributed by atoms with Gasteiger partial charge in [0.15, 0.2) is 0 Å². The van der Waals surface area contributed by atoms with E-state index in [1.807, 2.05) is 20.8 Å². The quantitative estimate of drug-likeness (QED) is 0.662. The van der Waals surface area contributed by atoms with Crippen molar-refractivity contribution in [1.82, 2.24) is 10.6 Å². The SMILES string of the molecule is COCC(O)CNC1CC(NC(=O)OC(C)(C)C)C1. The third kappa shape index (κ3) is 6.75. The minimum absolute atomic E-state index is 0.159. The number of hydrogen-bond acceptors (Lipinski definition) is 5. The lowest BCUT2D eigenvalue weighted by atomic mass is 9.87. The molecule has 1 aliphatic rings. The minimum Gasteiger partial charge on any atom is -0.444 e. The van der Waals surface area contributed by atoms with E-state index in [4.69, 9.17) is 9.47 Å². The highest BCUT2D eigenvalue weighted by Crippen LogP contribution is 2.20. The summed E-state index contributed by atoms with van der Waals surface area (Å²) in [5, 5.41) is 15.5. The van der Waals surface area contributed by atoms with Crippen LogP contribution in [0.3, 0.4) is 0 Å². The Bertz CT molecular complexity index is 285. The predicted molar refractivity (Wildman–Crippen MR) is 72.1 cm³/mol. The highest BCUT2D eigenvalue weighted by molar-refractivity contribution is 5.68. The van der Waals surface area contributed by atoms with Crippen LogP contribution in [0.15, 0.2) is 0 Å². The molecule has 1 atom stereocenters. The first kappa shape index (κ1) is 16.2. The number of amides is 1. The van der Waals surface area contributed by atoms with E-state index in [1.165, 1.54) is 0 Å². The Hall–Kier alpha value is -0.850. The Kier molecular flexibility index (Phi) is 6.03. The van der Waals surface area contributed by atoms with Crippen molar-refractivity contribution in [3.8, 4) is 0 Å². The van der Waals surface area contributed by atoms with Gasteiger partial charge in [-0.1, -0.05) is 0 Å². The van der Waals surface area contributed by atoms with Crippen LogP contribution >= 0.6 is 0 Å². The number of aliphatic hydroxyl groups excluding tert-OH is 1. The second-order valence-corrected chi connectivity index (χ2v) is 6.03. The fourth-order valence-electron chi connectivity index (χ4n) is 1.93. The molecule has 0 bridgehead atoms. The maximum Gasteiger partial charge on any atom is 0.407 e. The van der Waals surface area contributed by atoms with Gasteiger partial charge in [0.1, 0.15) is 5.60 Å². The summed E-state index contributed by atoms with van der Waals surface area (Å²) in [5.41, 5.74) is -0.463. The zero-order chi connectivity index (χ0) is 14.5. The molecule has 1 unspecified atom stereocenters. The average molecular weight is 274 g/mol. The molecule has 1 fully saturated rings. The van der Waals surface area contributed by atoms with Crippen LogP contribution in [0.2, 0.25) is 0 Å². The average Bonchev–Trinajstić information content (AvgIpc) is 2.18. The number of carbonyl (C=O) groups is 1. The van der Waals surface area contributed by atoms with E-state index < -0.39 is 11.7 Å². The minimum atomic E-state index is -0.483. The number of rotatable bonds is 6. The third-order valence-electron chi connectivity index (χ3n) is 2.86. The molecule has 0 radical (unpaired) electrons. The number of carbonyl (C=O) groups excluding carboxylic acids is 1. The normalized spacial score (nSPS) is 24.5. The van der Waals surface area contributed by atoms with Gasteiger partial charge in [0.05, 0.1) is 12.7 Å². The Morgan fingerprint density at radius 1 is 1.37 bits per heavy atom. The molecule has 0 spiro atoms. The van der Waals surface area contributed by atoms with Gasteiger partial charge >= 0.3 is 6.09 Å². The molecule has 0 saturated heterocycles. The highest BCUT2D eigenvalue weighted by atomic mass is 16.6. The van der Waals surface area contributed by atoms with Crippen LogP contribution in [0.1, 0.15) is 33.6 Å². The molecular formula is C13H26N2O4. The first-order valence-corrected chi connectivity index (χ1v) is 6.70. The van der Waals surface area contributed by atoms with Gasteiger partial charge in [0.25, 0.3) is 0 Å². The van der Waals surface area contributed by atoms with Crippen molar-refractivity contribution in [3.05, 3.63) is 0 Å². The zero-order valence-electron chi connectivity index (χ0n) is 12.2. The highest BCUT2D eigenvalue weighted by Gasteiger charge is 2.31. The fourth-order valence-corrected chi connectivity index (χ4v) is 1.93. The fraction of sp³-hybridized carbons (Fsp3) is 0.923. The molecule has 19 heavy (non-hydrogen) atoms. The van der Waals surface area contributed by atoms with Crippen molar-refractivity contribution in [2.45, 2.75) is 57.4 Å². The molecule has 0 heterocycles. The van der Waals surface area contributed by atoms with Gasteiger partial charge in [-0.05, 0) is 33.6 Å². The monoisotopic (exact) mass is 274 g/mol. The maximum atomic E-state index is 11.5. The van der Waals surface area contributed by atoms with Crippen LogP contribution in [0.4, 0.5) is 4.79 Å². The van der Waals surface area contributed by atoms with Gasteiger partial charge in [0.2, 0.25) is 0 Å². The van der Waals surface area contributed by atoms with Crippen molar-refractivity contribution in [1.29, 1.82) is 0 Å². The molecule has 0 aromatic rings. The van der Waals surface area contributed by atoms with E-state index in [9.17, 15) is 9.90 Å². The molecule has 6 nitrogen and oxygen atoms in total. The third-order valence-corrected chi connectivity index (χ3v) is 2.86. The van der Waals surface area contributed by atoms with Crippen LogP contribution in [0, 0.1) is 0 Å². The first-order valence-electron chi connectivity index (χ1n) is 6.70. The van der Waals surface area contributed by atoms with Crippen LogP contribution < -0.4 is 10.6 Å². The second-order valence-electron chi connectivity index (χ2n) is 6.03. The molecule has 112 valence electrons. The molecule has 1 saturated carbocycles. The number of nitrogens with one attached hydrogen (secondary N) is 2. The Morgan fingerprint density at radius 2 is 2.00 bits per heavy atom. The lowest BCUT2D eigenvalue weighted by Crippen LogP contribution is -2.54. The van der Waals surface area contributed by atoms with Gasteiger partial charge < -0.3 is 25.2 Å². The number of alkyl carbamates (subject to hydrolysis) is 1. The summed E-state index contributed by atoms with van der Waals surface area (Å²) in [6, 6.07) is 0.498. The molecule has 1 aliphatic carbocycles. The Morgan fingerprint density at radius 3 is 2.53 bits per heavy atom. The lowest BCUT2D eigenvalue weighted by molar-refractivity contribution is 0.0439. The smallest absolute Gasteiger partial charge is 0.407 e. The Balaban J connectivity index is 2.08. The van der Waals surface area contributed by atoms with E-state index in [1.54, 1.807) is 7.11 Å². The zero-order valence-corrected chi connectivity index (χ0v) is 12.2. The van der Waals surface area contributed by atoms with Crippen LogP contribution in [0.5, 0.6) is 0 Å². The van der Waals surface area contributed by atoms with Gasteiger partial charge in [-0.25, -0.2) is 4.79 Å². The molecule has 1 rings (SSSR count). The van der Waals surface area contributed by atoms with Crippen LogP contribution in [-0.2, 0) is 9.47 Å². The summed E-state index contributed by atoms with van der Waals surface area (Å²) in [4.78, 5) is 11.5. The Labute approximate surface area is 114 Å². The van der Waals surface area contributed by atoms with Crippen LogP contribution in [0.25, 0.3) is 0 Å². The summed E-state index contributed by atoms with van der Waals surface area (Å²) in [6.07, 6.45) is 0.871. The molecule has 0 aliphatic heterocycles. The number of ether oxygens (including phenoxy) is 2. The van der Waals surface area contributed by atoms with Gasteiger partial charge in [-0.3, -0.25) is 0 Å². The first-order chi connectivity index (χ1) is 8.80. The van der Waals surface area contributed by atoms with E-state index in [2.05, 4.69) is 10.6 Å². The standard InChI is InChI=1S/C13H26N2O4/c1-13(2,3)19-12(17)15-10-5-9(6-10)14-7-11(16)8-18-4/h9-11,14,16H,5-8H2,1-4H3,(H,15,17). The van der Waals surface area contributed by atoms with Gasteiger partial charge in [0, 0.05) is 25.7 Å². The van der Waals surface area contributed by atoms with Crippen LogP contribution in [-0.4, -0.2) is 55.2 Å². The summed E-state index contributed by atoms with van der Waals surface area (Å²) in [5.74, 6) is 0. The number of aliphatic hydroxyl groups is 1. The van der Waals surface area contributed by atoms with E-state index in [0.29, 0.717) is 19.2 Å². The summed E-state index contributed by atoms with van der Waals surface area (Å²) in [7, 11) is 1.56. The van der Waals surface area contributed by atoms with Crippen molar-refractivity contribution < 1.29 is 19.4 Å². The maximum absolute atomic E-state index is 11.5. The molecule has 3 N–H and O–H groups in total. The summed E-state index contributed by atoms with van der Waals surface area (Å²) < 4.78 is 10.0. The van der Waals surface area contributed by atoms with Crippen molar-refractivity contribution in [2.75, 3.05) is 20.3 Å². The van der Waals surface area contributed by atoms with E-state index in [0.717, 1.165) is 12.8 Å². The largest absolute Gasteiger partial charge is 0.444 e. The van der Waals surface area contributed by atoms with E-state index in [-0.39, 0.29) is 12.1 Å². The number of methoxy groups -OCH3 is 1.